The smallest absolute Gasteiger partial charge is 0.238 e. The fourth-order valence-corrected chi connectivity index (χ4v) is 4.12. The van der Waals surface area contributed by atoms with E-state index in [1.807, 2.05) is 30.3 Å². The second-order valence-corrected chi connectivity index (χ2v) is 8.51. The molecular formula is C17H15BrClN3O2S. The first-order valence-electron chi connectivity index (χ1n) is 7.43. The van der Waals surface area contributed by atoms with Crippen molar-refractivity contribution < 1.29 is 8.42 Å². The number of nitrogens with one attached hydrogen (secondary N) is 1. The maximum absolute atomic E-state index is 12.3. The Labute approximate surface area is 159 Å². The van der Waals surface area contributed by atoms with Crippen molar-refractivity contribution in [2.45, 2.75) is 12.3 Å². The van der Waals surface area contributed by atoms with E-state index < -0.39 is 10.0 Å². The van der Waals surface area contributed by atoms with Gasteiger partial charge in [0.2, 0.25) is 10.0 Å². The van der Waals surface area contributed by atoms with Crippen LogP contribution in [0, 0.1) is 0 Å². The van der Waals surface area contributed by atoms with Crippen molar-refractivity contribution in [2.75, 3.05) is 4.72 Å². The van der Waals surface area contributed by atoms with E-state index in [-0.39, 0.29) is 11.6 Å². The Balaban J connectivity index is 1.72. The third-order valence-corrected chi connectivity index (χ3v) is 5.48. The van der Waals surface area contributed by atoms with Gasteiger partial charge in [0.25, 0.3) is 0 Å². The number of hydrogen-bond acceptors (Lipinski definition) is 3. The molecule has 3 aromatic rings. The summed E-state index contributed by atoms with van der Waals surface area (Å²) in [6, 6.07) is 16.4. The number of sulfonamides is 1. The number of nitrogens with zero attached hydrogens (tertiary/aromatic N) is 2. The molecule has 5 nitrogen and oxygen atoms in total. The summed E-state index contributed by atoms with van der Waals surface area (Å²) in [5.41, 5.74) is 1.73. The van der Waals surface area contributed by atoms with Gasteiger partial charge in [-0.3, -0.25) is 9.40 Å². The largest absolute Gasteiger partial charge is 0.265 e. The second-order valence-electron chi connectivity index (χ2n) is 5.50. The summed E-state index contributed by atoms with van der Waals surface area (Å²) >= 11 is 9.23. The summed E-state index contributed by atoms with van der Waals surface area (Å²) in [5.74, 6) is 0.162. The predicted molar refractivity (Wildman–Crippen MR) is 103 cm³/mol. The summed E-state index contributed by atoms with van der Waals surface area (Å²) in [7, 11) is -3.55. The molecule has 0 unspecified atom stereocenters. The van der Waals surface area contributed by atoms with E-state index in [9.17, 15) is 8.42 Å². The highest BCUT2D eigenvalue weighted by atomic mass is 79.9. The van der Waals surface area contributed by atoms with Crippen LogP contribution >= 0.6 is 27.5 Å². The lowest BCUT2D eigenvalue weighted by Gasteiger charge is -2.06. The predicted octanol–water partition coefficient (Wildman–Crippen LogP) is 4.29. The molecule has 8 heteroatoms. The Morgan fingerprint density at radius 3 is 2.40 bits per heavy atom. The minimum Gasteiger partial charge on any atom is -0.265 e. The van der Waals surface area contributed by atoms with Crippen LogP contribution in [0.1, 0.15) is 11.1 Å². The Morgan fingerprint density at radius 2 is 1.72 bits per heavy atom. The molecule has 1 aromatic heterocycles. The van der Waals surface area contributed by atoms with Crippen LogP contribution in [-0.2, 0) is 22.3 Å². The van der Waals surface area contributed by atoms with Gasteiger partial charge in [-0.15, -0.1) is 0 Å². The SMILES string of the molecule is O=S(=O)(Cc1ccccc1)Nc1nn(Cc2ccc(Cl)cc2)cc1Br. The standard InChI is InChI=1S/C17H15BrClN3O2S/c18-16-11-22(10-13-6-8-15(19)9-7-13)20-17(16)21-25(23,24)12-14-4-2-1-3-5-14/h1-9,11H,10,12H2,(H,20,21). The van der Waals surface area contributed by atoms with E-state index in [1.165, 1.54) is 0 Å². The van der Waals surface area contributed by atoms with Crippen molar-refractivity contribution in [1.29, 1.82) is 0 Å². The van der Waals surface area contributed by atoms with Gasteiger partial charge in [0.05, 0.1) is 16.8 Å². The number of rotatable bonds is 6. The minimum atomic E-state index is -3.55. The second kappa shape index (κ2) is 7.59. The van der Waals surface area contributed by atoms with Crippen molar-refractivity contribution >= 4 is 43.4 Å². The molecule has 0 atom stereocenters. The van der Waals surface area contributed by atoms with Gasteiger partial charge in [0.1, 0.15) is 0 Å². The van der Waals surface area contributed by atoms with Gasteiger partial charge in [-0.05, 0) is 39.2 Å². The molecule has 0 saturated carbocycles. The number of halogens is 2. The maximum atomic E-state index is 12.3. The third-order valence-electron chi connectivity index (χ3n) is 3.43. The van der Waals surface area contributed by atoms with Crippen molar-refractivity contribution in [3.05, 3.63) is 81.4 Å². The van der Waals surface area contributed by atoms with Gasteiger partial charge >= 0.3 is 0 Å². The summed E-state index contributed by atoms with van der Waals surface area (Å²) in [4.78, 5) is 0. The molecule has 0 spiro atoms. The first-order chi connectivity index (χ1) is 11.9. The summed E-state index contributed by atoms with van der Waals surface area (Å²) < 4.78 is 29.4. The van der Waals surface area contributed by atoms with Crippen molar-refractivity contribution in [2.24, 2.45) is 0 Å². The number of hydrogen-bond donors (Lipinski definition) is 1. The van der Waals surface area contributed by atoms with Gasteiger partial charge in [-0.1, -0.05) is 54.1 Å². The molecule has 1 heterocycles. The Morgan fingerprint density at radius 1 is 1.04 bits per heavy atom. The maximum Gasteiger partial charge on any atom is 0.238 e. The first-order valence-corrected chi connectivity index (χ1v) is 10.3. The Hall–Kier alpha value is -1.83. The quantitative estimate of drug-likeness (QED) is 0.622. The van der Waals surface area contributed by atoms with E-state index in [0.717, 1.165) is 5.56 Å². The zero-order valence-electron chi connectivity index (χ0n) is 13.1. The lowest BCUT2D eigenvalue weighted by molar-refractivity contribution is 0.600. The highest BCUT2D eigenvalue weighted by molar-refractivity contribution is 9.10. The molecule has 1 N–H and O–H groups in total. The number of anilines is 1. The summed E-state index contributed by atoms with van der Waals surface area (Å²) in [5, 5.41) is 4.97. The van der Waals surface area contributed by atoms with Crippen LogP contribution in [0.4, 0.5) is 5.82 Å². The van der Waals surface area contributed by atoms with Crippen molar-refractivity contribution in [1.82, 2.24) is 9.78 Å². The average Bonchev–Trinajstić information content (AvgIpc) is 2.89. The summed E-state index contributed by atoms with van der Waals surface area (Å²) in [6.45, 7) is 0.510. The third kappa shape index (κ3) is 5.07. The average molecular weight is 441 g/mol. The molecule has 2 aromatic carbocycles. The lowest BCUT2D eigenvalue weighted by atomic mass is 10.2. The molecule has 3 rings (SSSR count). The monoisotopic (exact) mass is 439 g/mol. The van der Waals surface area contributed by atoms with E-state index in [4.69, 9.17) is 11.6 Å². The fraction of sp³-hybridized carbons (Fsp3) is 0.118. The van der Waals surface area contributed by atoms with E-state index in [1.54, 1.807) is 35.1 Å². The molecule has 0 aliphatic carbocycles. The molecule has 0 radical (unpaired) electrons. The number of aromatic nitrogens is 2. The zero-order chi connectivity index (χ0) is 17.9. The molecule has 25 heavy (non-hydrogen) atoms. The van der Waals surface area contributed by atoms with E-state index in [2.05, 4.69) is 25.8 Å². The molecule has 0 aliphatic rings. The molecule has 0 aliphatic heterocycles. The molecule has 0 saturated heterocycles. The van der Waals surface area contributed by atoms with Crippen LogP contribution in [0.3, 0.4) is 0 Å². The topological polar surface area (TPSA) is 64.0 Å². The molecular weight excluding hydrogens is 426 g/mol. The van der Waals surface area contributed by atoms with Crippen LogP contribution in [-0.4, -0.2) is 18.2 Å². The normalized spacial score (nSPS) is 11.4. The van der Waals surface area contributed by atoms with Crippen LogP contribution in [0.15, 0.2) is 65.3 Å². The molecule has 0 bridgehead atoms. The molecule has 130 valence electrons. The summed E-state index contributed by atoms with van der Waals surface area (Å²) in [6.07, 6.45) is 1.73. The van der Waals surface area contributed by atoms with Crippen LogP contribution < -0.4 is 4.72 Å². The van der Waals surface area contributed by atoms with Gasteiger partial charge < -0.3 is 0 Å². The van der Waals surface area contributed by atoms with Crippen LogP contribution in [0.5, 0.6) is 0 Å². The Kier molecular flexibility index (Phi) is 5.46. The van der Waals surface area contributed by atoms with Crippen LogP contribution in [0.25, 0.3) is 0 Å². The van der Waals surface area contributed by atoms with E-state index >= 15 is 0 Å². The van der Waals surface area contributed by atoms with Gasteiger partial charge in [-0.25, -0.2) is 8.42 Å². The molecule has 0 fully saturated rings. The Bertz CT molecular complexity index is 957. The van der Waals surface area contributed by atoms with Crippen molar-refractivity contribution in [3.63, 3.8) is 0 Å². The fourth-order valence-electron chi connectivity index (χ4n) is 2.30. The van der Waals surface area contributed by atoms with Gasteiger partial charge in [-0.2, -0.15) is 5.10 Å². The number of benzene rings is 2. The van der Waals surface area contributed by atoms with Gasteiger partial charge in [0, 0.05) is 11.2 Å². The van der Waals surface area contributed by atoms with E-state index in [0.29, 0.717) is 21.6 Å². The zero-order valence-corrected chi connectivity index (χ0v) is 16.2. The highest BCUT2D eigenvalue weighted by Crippen LogP contribution is 2.23. The minimum absolute atomic E-state index is 0.107. The molecule has 0 amide bonds. The highest BCUT2D eigenvalue weighted by Gasteiger charge is 2.16. The lowest BCUT2D eigenvalue weighted by Crippen LogP contribution is -2.16. The first kappa shape index (κ1) is 18.0. The van der Waals surface area contributed by atoms with Crippen LogP contribution in [0.2, 0.25) is 5.02 Å². The van der Waals surface area contributed by atoms with Gasteiger partial charge in [0.15, 0.2) is 5.82 Å². The van der Waals surface area contributed by atoms with Crippen molar-refractivity contribution in [3.8, 4) is 0 Å².